The van der Waals surface area contributed by atoms with Crippen LogP contribution in [-0.4, -0.2) is 43.6 Å². The van der Waals surface area contributed by atoms with E-state index in [4.69, 9.17) is 0 Å². The maximum absolute atomic E-state index is 11.4. The predicted octanol–water partition coefficient (Wildman–Crippen LogP) is 2.13. The standard InChI is InChI=1S/C15H21N5O/c1-10(2)13-8-16-15-14(18-13)9-17-20(15)12-4-6-19(7-5-12)11(3)21/h8-10,12H,4-7H2,1-3H3. The predicted molar refractivity (Wildman–Crippen MR) is 79.9 cm³/mol. The Balaban J connectivity index is 1.83. The molecule has 0 N–H and O–H groups in total. The second kappa shape index (κ2) is 5.42. The minimum atomic E-state index is 0.153. The van der Waals surface area contributed by atoms with Gasteiger partial charge in [-0.15, -0.1) is 0 Å². The first-order valence-corrected chi connectivity index (χ1v) is 7.52. The number of amides is 1. The first-order chi connectivity index (χ1) is 10.1. The fourth-order valence-corrected chi connectivity index (χ4v) is 2.82. The number of carbonyl (C=O) groups excluding carboxylic acids is 1. The van der Waals surface area contributed by atoms with Crippen LogP contribution in [0, 0.1) is 0 Å². The van der Waals surface area contributed by atoms with E-state index in [1.807, 2.05) is 15.8 Å². The normalized spacial score (nSPS) is 16.9. The molecule has 1 fully saturated rings. The molecule has 0 aliphatic carbocycles. The molecule has 2 aromatic heterocycles. The van der Waals surface area contributed by atoms with Gasteiger partial charge in [-0.2, -0.15) is 5.10 Å². The Kier molecular flexibility index (Phi) is 3.61. The van der Waals surface area contributed by atoms with Crippen LogP contribution in [0.25, 0.3) is 11.2 Å². The summed E-state index contributed by atoms with van der Waals surface area (Å²) in [5, 5.41) is 4.48. The Morgan fingerprint density at radius 3 is 2.62 bits per heavy atom. The molecule has 6 heteroatoms. The molecule has 21 heavy (non-hydrogen) atoms. The van der Waals surface area contributed by atoms with Crippen molar-refractivity contribution in [1.29, 1.82) is 0 Å². The lowest BCUT2D eigenvalue weighted by Gasteiger charge is -2.31. The zero-order valence-corrected chi connectivity index (χ0v) is 12.8. The highest BCUT2D eigenvalue weighted by Crippen LogP contribution is 2.25. The summed E-state index contributed by atoms with van der Waals surface area (Å²) in [5.41, 5.74) is 2.70. The minimum absolute atomic E-state index is 0.153. The van der Waals surface area contributed by atoms with Gasteiger partial charge in [0.2, 0.25) is 5.91 Å². The third kappa shape index (κ3) is 2.62. The van der Waals surface area contributed by atoms with Crippen LogP contribution < -0.4 is 0 Å². The van der Waals surface area contributed by atoms with E-state index in [1.165, 1.54) is 0 Å². The zero-order chi connectivity index (χ0) is 15.0. The topological polar surface area (TPSA) is 63.9 Å². The first kappa shape index (κ1) is 14.0. The van der Waals surface area contributed by atoms with Gasteiger partial charge in [-0.25, -0.2) is 14.6 Å². The van der Waals surface area contributed by atoms with E-state index in [-0.39, 0.29) is 5.91 Å². The number of aromatic nitrogens is 4. The average molecular weight is 287 g/mol. The summed E-state index contributed by atoms with van der Waals surface area (Å²) in [6.45, 7) is 7.43. The fourth-order valence-electron chi connectivity index (χ4n) is 2.82. The van der Waals surface area contributed by atoms with Crippen LogP contribution in [0.15, 0.2) is 12.4 Å². The molecule has 3 rings (SSSR count). The molecule has 1 aliphatic rings. The summed E-state index contributed by atoms with van der Waals surface area (Å²) in [5.74, 6) is 0.518. The third-order valence-electron chi connectivity index (χ3n) is 4.17. The van der Waals surface area contributed by atoms with Gasteiger partial charge in [0.05, 0.1) is 24.1 Å². The zero-order valence-electron chi connectivity index (χ0n) is 12.8. The number of rotatable bonds is 2. The highest BCUT2D eigenvalue weighted by molar-refractivity contribution is 5.73. The van der Waals surface area contributed by atoms with Gasteiger partial charge in [-0.1, -0.05) is 13.8 Å². The maximum atomic E-state index is 11.4. The smallest absolute Gasteiger partial charge is 0.219 e. The Morgan fingerprint density at radius 2 is 2.00 bits per heavy atom. The summed E-state index contributed by atoms with van der Waals surface area (Å²) < 4.78 is 1.98. The monoisotopic (exact) mass is 287 g/mol. The van der Waals surface area contributed by atoms with E-state index in [0.717, 1.165) is 42.8 Å². The Morgan fingerprint density at radius 1 is 1.29 bits per heavy atom. The largest absolute Gasteiger partial charge is 0.343 e. The van der Waals surface area contributed by atoms with E-state index in [9.17, 15) is 4.79 Å². The molecule has 1 aliphatic heterocycles. The highest BCUT2D eigenvalue weighted by Gasteiger charge is 2.24. The molecule has 0 saturated carbocycles. The molecule has 0 radical (unpaired) electrons. The molecule has 0 aromatic carbocycles. The number of carbonyl (C=O) groups is 1. The van der Waals surface area contributed by atoms with Crippen LogP contribution in [0.4, 0.5) is 0 Å². The van der Waals surface area contributed by atoms with Crippen LogP contribution in [0.1, 0.15) is 51.3 Å². The average Bonchev–Trinajstić information content (AvgIpc) is 2.90. The van der Waals surface area contributed by atoms with Gasteiger partial charge in [0.15, 0.2) is 5.65 Å². The number of likely N-dealkylation sites (tertiary alicyclic amines) is 1. The van der Waals surface area contributed by atoms with E-state index in [0.29, 0.717) is 12.0 Å². The number of hydrogen-bond acceptors (Lipinski definition) is 4. The SMILES string of the molecule is CC(=O)N1CCC(n2ncc3nc(C(C)C)cnc32)CC1. The van der Waals surface area contributed by atoms with Crippen molar-refractivity contribution in [3.05, 3.63) is 18.1 Å². The lowest BCUT2D eigenvalue weighted by Crippen LogP contribution is -2.37. The first-order valence-electron chi connectivity index (χ1n) is 7.52. The molecule has 0 atom stereocenters. The Labute approximate surface area is 124 Å². The van der Waals surface area contributed by atoms with E-state index >= 15 is 0 Å². The van der Waals surface area contributed by atoms with Crippen molar-refractivity contribution >= 4 is 17.1 Å². The Hall–Kier alpha value is -1.98. The molecule has 0 bridgehead atoms. The van der Waals surface area contributed by atoms with Gasteiger partial charge >= 0.3 is 0 Å². The van der Waals surface area contributed by atoms with Crippen LogP contribution >= 0.6 is 0 Å². The van der Waals surface area contributed by atoms with Gasteiger partial charge in [0.25, 0.3) is 0 Å². The van der Waals surface area contributed by atoms with Crippen LogP contribution in [0.2, 0.25) is 0 Å². The molecule has 2 aromatic rings. The van der Waals surface area contributed by atoms with Crippen molar-refractivity contribution in [2.75, 3.05) is 13.1 Å². The maximum Gasteiger partial charge on any atom is 0.219 e. The minimum Gasteiger partial charge on any atom is -0.343 e. The quantitative estimate of drug-likeness (QED) is 0.849. The van der Waals surface area contributed by atoms with E-state index in [2.05, 4.69) is 28.9 Å². The van der Waals surface area contributed by atoms with Crippen LogP contribution in [0.3, 0.4) is 0 Å². The summed E-state index contributed by atoms with van der Waals surface area (Å²) in [4.78, 5) is 22.5. The molecule has 112 valence electrons. The third-order valence-corrected chi connectivity index (χ3v) is 4.17. The molecule has 3 heterocycles. The Bertz CT molecular complexity index is 655. The molecule has 1 saturated heterocycles. The van der Waals surface area contributed by atoms with Crippen LogP contribution in [-0.2, 0) is 4.79 Å². The summed E-state index contributed by atoms with van der Waals surface area (Å²) in [7, 11) is 0. The second-order valence-corrected chi connectivity index (χ2v) is 5.98. The number of piperidine rings is 1. The van der Waals surface area contributed by atoms with Crippen molar-refractivity contribution < 1.29 is 4.79 Å². The van der Waals surface area contributed by atoms with Crippen molar-refractivity contribution in [1.82, 2.24) is 24.6 Å². The number of fused-ring (bicyclic) bond motifs is 1. The fraction of sp³-hybridized carbons (Fsp3) is 0.600. The molecular formula is C15H21N5O. The lowest BCUT2D eigenvalue weighted by atomic mass is 10.1. The van der Waals surface area contributed by atoms with Gasteiger partial charge in [0, 0.05) is 20.0 Å². The summed E-state index contributed by atoms with van der Waals surface area (Å²) in [6.07, 6.45) is 5.48. The molecule has 0 spiro atoms. The lowest BCUT2D eigenvalue weighted by molar-refractivity contribution is -0.130. The van der Waals surface area contributed by atoms with Gasteiger partial charge in [-0.3, -0.25) is 4.79 Å². The molecule has 6 nitrogen and oxygen atoms in total. The van der Waals surface area contributed by atoms with E-state index < -0.39 is 0 Å². The molecular weight excluding hydrogens is 266 g/mol. The van der Waals surface area contributed by atoms with Gasteiger partial charge in [-0.05, 0) is 18.8 Å². The summed E-state index contributed by atoms with van der Waals surface area (Å²) >= 11 is 0. The van der Waals surface area contributed by atoms with Crippen molar-refractivity contribution in [2.24, 2.45) is 0 Å². The summed E-state index contributed by atoms with van der Waals surface area (Å²) in [6, 6.07) is 0.303. The second-order valence-electron chi connectivity index (χ2n) is 5.98. The molecule has 1 amide bonds. The van der Waals surface area contributed by atoms with Gasteiger partial charge < -0.3 is 4.90 Å². The van der Waals surface area contributed by atoms with Crippen molar-refractivity contribution in [3.8, 4) is 0 Å². The number of hydrogen-bond donors (Lipinski definition) is 0. The highest BCUT2D eigenvalue weighted by atomic mass is 16.2. The van der Waals surface area contributed by atoms with Crippen molar-refractivity contribution in [2.45, 2.75) is 45.6 Å². The number of nitrogens with zero attached hydrogens (tertiary/aromatic N) is 5. The molecule has 0 unspecified atom stereocenters. The van der Waals surface area contributed by atoms with E-state index in [1.54, 1.807) is 13.1 Å². The van der Waals surface area contributed by atoms with Crippen molar-refractivity contribution in [3.63, 3.8) is 0 Å². The van der Waals surface area contributed by atoms with Crippen LogP contribution in [0.5, 0.6) is 0 Å². The van der Waals surface area contributed by atoms with Gasteiger partial charge in [0.1, 0.15) is 5.52 Å².